The van der Waals surface area contributed by atoms with Crippen molar-refractivity contribution in [2.75, 3.05) is 7.11 Å². The molecule has 1 unspecified atom stereocenters. The first-order valence-corrected chi connectivity index (χ1v) is 6.13. The molecule has 1 aromatic rings. The molecule has 0 saturated carbocycles. The minimum Gasteiger partial charge on any atom is -0.467 e. The number of hydrogen-bond acceptors (Lipinski definition) is 3. The number of aryl methyl sites for hydroxylation is 1. The number of carbonyl (C=O) groups excluding carboxylic acids is 2. The van der Waals surface area contributed by atoms with Crippen LogP contribution in [-0.4, -0.2) is 23.9 Å². The molecule has 0 aliphatic carbocycles. The molecule has 1 aromatic heterocycles. The predicted molar refractivity (Wildman–Crippen MR) is 69.8 cm³/mol. The third kappa shape index (κ3) is 2.81. The van der Waals surface area contributed by atoms with Crippen LogP contribution in [0.25, 0.3) is 0 Å². The van der Waals surface area contributed by atoms with Gasteiger partial charge >= 0.3 is 5.97 Å². The summed E-state index contributed by atoms with van der Waals surface area (Å²) in [6.07, 6.45) is 1.52. The Balaban J connectivity index is 3.24. The number of ether oxygens (including phenoxy) is 1. The molecule has 0 amide bonds. The second-order valence-electron chi connectivity index (χ2n) is 4.98. The molecule has 1 atom stereocenters. The molecule has 0 aliphatic rings. The molecule has 100 valence electrons. The molecule has 0 aliphatic heterocycles. The smallest absolute Gasteiger partial charge is 0.328 e. The molecular weight excluding hydrogens is 230 g/mol. The maximum Gasteiger partial charge on any atom is 0.328 e. The van der Waals surface area contributed by atoms with E-state index in [4.69, 9.17) is 4.74 Å². The normalized spacial score (nSPS) is 12.6. The Morgan fingerprint density at radius 1 is 1.44 bits per heavy atom. The van der Waals surface area contributed by atoms with Crippen LogP contribution in [0.2, 0.25) is 0 Å². The number of aldehydes is 1. The van der Waals surface area contributed by atoms with Gasteiger partial charge in [-0.2, -0.15) is 0 Å². The summed E-state index contributed by atoms with van der Waals surface area (Å²) in [5.74, 6) is 0.109. The highest BCUT2D eigenvalue weighted by molar-refractivity contribution is 5.79. The summed E-state index contributed by atoms with van der Waals surface area (Å²) >= 11 is 0. The zero-order valence-electron chi connectivity index (χ0n) is 11.7. The van der Waals surface area contributed by atoms with E-state index >= 15 is 0 Å². The lowest BCUT2D eigenvalue weighted by molar-refractivity contribution is -0.145. The first-order valence-electron chi connectivity index (χ1n) is 6.13. The fourth-order valence-electron chi connectivity index (χ4n) is 2.29. The lowest BCUT2D eigenvalue weighted by Crippen LogP contribution is -2.24. The maximum atomic E-state index is 11.9. The molecular formula is C14H21NO3. The van der Waals surface area contributed by atoms with Gasteiger partial charge in [0.1, 0.15) is 6.04 Å². The van der Waals surface area contributed by atoms with E-state index in [-0.39, 0.29) is 12.0 Å². The van der Waals surface area contributed by atoms with Gasteiger partial charge in [-0.25, -0.2) is 4.79 Å². The molecule has 1 heterocycles. The number of rotatable bonds is 5. The highest BCUT2D eigenvalue weighted by Gasteiger charge is 2.25. The zero-order valence-corrected chi connectivity index (χ0v) is 11.7. The highest BCUT2D eigenvalue weighted by Crippen LogP contribution is 2.25. The van der Waals surface area contributed by atoms with Crippen LogP contribution in [0.15, 0.2) is 6.07 Å². The molecule has 18 heavy (non-hydrogen) atoms. The summed E-state index contributed by atoms with van der Waals surface area (Å²) in [5, 5.41) is 0. The summed E-state index contributed by atoms with van der Waals surface area (Å²) < 4.78 is 6.77. The minimum atomic E-state index is -0.358. The number of hydrogen-bond donors (Lipinski definition) is 0. The molecule has 0 spiro atoms. The molecule has 0 N–H and O–H groups in total. The topological polar surface area (TPSA) is 48.3 Å². The van der Waals surface area contributed by atoms with Gasteiger partial charge in [0.05, 0.1) is 7.11 Å². The van der Waals surface area contributed by atoms with Gasteiger partial charge in [-0.05, 0) is 32.3 Å². The largest absolute Gasteiger partial charge is 0.467 e. The van der Waals surface area contributed by atoms with E-state index in [1.807, 2.05) is 18.4 Å². The van der Waals surface area contributed by atoms with Crippen molar-refractivity contribution in [3.63, 3.8) is 0 Å². The quantitative estimate of drug-likeness (QED) is 0.597. The van der Waals surface area contributed by atoms with E-state index in [1.165, 1.54) is 7.11 Å². The lowest BCUT2D eigenvalue weighted by atomic mass is 10.0. The standard InChI is InChI=1S/C14H21NO3/c1-9(2)6-13(14(17)18-5)15-10(3)7-12(8-16)11(15)4/h7-9,13H,6H2,1-5H3. The van der Waals surface area contributed by atoms with Crippen LogP contribution in [0.5, 0.6) is 0 Å². The monoisotopic (exact) mass is 251 g/mol. The van der Waals surface area contributed by atoms with Crippen molar-refractivity contribution in [3.05, 3.63) is 23.0 Å². The second-order valence-corrected chi connectivity index (χ2v) is 4.98. The highest BCUT2D eigenvalue weighted by atomic mass is 16.5. The van der Waals surface area contributed by atoms with Crippen molar-refractivity contribution in [2.45, 2.75) is 40.2 Å². The van der Waals surface area contributed by atoms with Crippen LogP contribution in [0.3, 0.4) is 0 Å². The van der Waals surface area contributed by atoms with E-state index in [0.717, 1.165) is 17.7 Å². The number of carbonyl (C=O) groups is 2. The fraction of sp³-hybridized carbons (Fsp3) is 0.571. The molecule has 4 heteroatoms. The van der Waals surface area contributed by atoms with Gasteiger partial charge < -0.3 is 9.30 Å². The Morgan fingerprint density at radius 3 is 2.44 bits per heavy atom. The zero-order chi connectivity index (χ0) is 13.9. The van der Waals surface area contributed by atoms with Crippen molar-refractivity contribution in [1.82, 2.24) is 4.57 Å². The maximum absolute atomic E-state index is 11.9. The van der Waals surface area contributed by atoms with Gasteiger partial charge in [-0.1, -0.05) is 13.8 Å². The van der Waals surface area contributed by atoms with Gasteiger partial charge in [0.25, 0.3) is 0 Å². The Labute approximate surface area is 108 Å². The molecule has 1 rings (SSSR count). The fourth-order valence-corrected chi connectivity index (χ4v) is 2.29. The molecule has 4 nitrogen and oxygen atoms in total. The first kappa shape index (κ1) is 14.5. The predicted octanol–water partition coefficient (Wildman–Crippen LogP) is 2.68. The lowest BCUT2D eigenvalue weighted by Gasteiger charge is -2.22. The number of nitrogens with zero attached hydrogens (tertiary/aromatic N) is 1. The molecule has 0 fully saturated rings. The van der Waals surface area contributed by atoms with E-state index in [2.05, 4.69) is 13.8 Å². The van der Waals surface area contributed by atoms with E-state index in [1.54, 1.807) is 6.07 Å². The second kappa shape index (κ2) is 5.85. The third-order valence-electron chi connectivity index (χ3n) is 3.13. The molecule has 0 aromatic carbocycles. The SMILES string of the molecule is COC(=O)C(CC(C)C)n1c(C)cc(C=O)c1C. The molecule has 0 bridgehead atoms. The average Bonchev–Trinajstić information content (AvgIpc) is 2.60. The Bertz CT molecular complexity index is 446. The van der Waals surface area contributed by atoms with Gasteiger partial charge in [-0.3, -0.25) is 4.79 Å². The van der Waals surface area contributed by atoms with Crippen molar-refractivity contribution in [1.29, 1.82) is 0 Å². The van der Waals surface area contributed by atoms with Crippen molar-refractivity contribution in [2.24, 2.45) is 5.92 Å². The summed E-state index contributed by atoms with van der Waals surface area (Å²) in [7, 11) is 1.39. The Kier molecular flexibility index (Phi) is 4.70. The van der Waals surface area contributed by atoms with Gasteiger partial charge in [0.15, 0.2) is 6.29 Å². The van der Waals surface area contributed by atoms with Crippen LogP contribution in [-0.2, 0) is 9.53 Å². The number of esters is 1. The summed E-state index contributed by atoms with van der Waals surface area (Å²) in [5.41, 5.74) is 2.36. The Morgan fingerprint density at radius 2 is 2.06 bits per heavy atom. The van der Waals surface area contributed by atoms with Gasteiger partial charge in [0.2, 0.25) is 0 Å². The van der Waals surface area contributed by atoms with Crippen molar-refractivity contribution >= 4 is 12.3 Å². The van der Waals surface area contributed by atoms with Crippen LogP contribution < -0.4 is 0 Å². The van der Waals surface area contributed by atoms with Crippen LogP contribution in [0, 0.1) is 19.8 Å². The third-order valence-corrected chi connectivity index (χ3v) is 3.13. The minimum absolute atomic E-state index is 0.261. The number of aromatic nitrogens is 1. The van der Waals surface area contributed by atoms with Crippen molar-refractivity contribution < 1.29 is 14.3 Å². The Hall–Kier alpha value is -1.58. The van der Waals surface area contributed by atoms with E-state index < -0.39 is 0 Å². The van der Waals surface area contributed by atoms with Crippen LogP contribution >= 0.6 is 0 Å². The van der Waals surface area contributed by atoms with Gasteiger partial charge in [0, 0.05) is 17.0 Å². The molecule has 0 radical (unpaired) electrons. The number of methoxy groups -OCH3 is 1. The van der Waals surface area contributed by atoms with Crippen LogP contribution in [0.4, 0.5) is 0 Å². The summed E-state index contributed by atoms with van der Waals surface area (Å²) in [6.45, 7) is 7.87. The summed E-state index contributed by atoms with van der Waals surface area (Å²) in [4.78, 5) is 22.9. The van der Waals surface area contributed by atoms with E-state index in [0.29, 0.717) is 17.9 Å². The van der Waals surface area contributed by atoms with E-state index in [9.17, 15) is 9.59 Å². The van der Waals surface area contributed by atoms with Gasteiger partial charge in [-0.15, -0.1) is 0 Å². The van der Waals surface area contributed by atoms with Crippen LogP contribution in [0.1, 0.15) is 48.1 Å². The summed E-state index contributed by atoms with van der Waals surface area (Å²) in [6, 6.07) is 1.45. The molecule has 0 saturated heterocycles. The average molecular weight is 251 g/mol. The van der Waals surface area contributed by atoms with Crippen molar-refractivity contribution in [3.8, 4) is 0 Å². The first-order chi connectivity index (χ1) is 8.42.